The van der Waals surface area contributed by atoms with Crippen LogP contribution in [0, 0.1) is 0 Å². The van der Waals surface area contributed by atoms with E-state index in [4.69, 9.17) is 26.2 Å². The fourth-order valence-corrected chi connectivity index (χ4v) is 1.18. The highest BCUT2D eigenvalue weighted by molar-refractivity contribution is 4.92. The number of nitrogens with two attached hydrogens (primary N) is 1. The molecule has 7 N–H and O–H groups in total. The van der Waals surface area contributed by atoms with Crippen molar-refractivity contribution in [2.24, 2.45) is 5.73 Å². The van der Waals surface area contributed by atoms with Gasteiger partial charge >= 0.3 is 0 Å². The van der Waals surface area contributed by atoms with E-state index in [1.807, 2.05) is 0 Å². The molecule has 1 aliphatic heterocycles. The van der Waals surface area contributed by atoms with Crippen LogP contribution >= 0.6 is 0 Å². The summed E-state index contributed by atoms with van der Waals surface area (Å²) in [6.45, 7) is -0.621. The van der Waals surface area contributed by atoms with Gasteiger partial charge in [-0.1, -0.05) is 0 Å². The molecule has 0 spiro atoms. The summed E-state index contributed by atoms with van der Waals surface area (Å²) in [5.41, 5.74) is 5.04. The molecule has 0 aromatic heterocycles. The summed E-state index contributed by atoms with van der Waals surface area (Å²) in [4.78, 5) is 0. The highest BCUT2D eigenvalue weighted by Crippen LogP contribution is 2.23. The van der Waals surface area contributed by atoms with Gasteiger partial charge in [0.2, 0.25) is 0 Å². The number of hydrogen-bond donors (Lipinski definition) is 6. The quantitative estimate of drug-likeness (QED) is 0.235. The lowest BCUT2D eigenvalue weighted by Crippen LogP contribution is -2.69. The van der Waals surface area contributed by atoms with Crippen LogP contribution in [0.5, 0.6) is 0 Å². The van der Waals surface area contributed by atoms with Crippen LogP contribution in [0.4, 0.5) is 0 Å². The molecule has 0 aromatic rings. The van der Waals surface area contributed by atoms with E-state index in [0.29, 0.717) is 0 Å². The van der Waals surface area contributed by atoms with Crippen LogP contribution in [-0.2, 0) is 4.74 Å². The lowest BCUT2D eigenvalue weighted by atomic mass is 9.97. The van der Waals surface area contributed by atoms with Gasteiger partial charge in [-0.25, -0.2) is 0 Å². The van der Waals surface area contributed by atoms with E-state index < -0.39 is 36.9 Å². The lowest BCUT2D eigenvalue weighted by Gasteiger charge is -2.42. The van der Waals surface area contributed by atoms with Gasteiger partial charge in [-0.15, -0.1) is 0 Å². The molecule has 7 nitrogen and oxygen atoms in total. The van der Waals surface area contributed by atoms with Gasteiger partial charge in [0, 0.05) is 0 Å². The summed E-state index contributed by atoms with van der Waals surface area (Å²) in [6, 6.07) is 0. The van der Waals surface area contributed by atoms with Gasteiger partial charge in [0.05, 0.1) is 6.61 Å². The average molecular weight is 195 g/mol. The predicted molar refractivity (Wildman–Crippen MR) is 39.1 cm³/mol. The molecule has 1 fully saturated rings. The van der Waals surface area contributed by atoms with Crippen molar-refractivity contribution in [3.63, 3.8) is 0 Å². The summed E-state index contributed by atoms with van der Waals surface area (Å²) in [7, 11) is 0. The van der Waals surface area contributed by atoms with E-state index >= 15 is 0 Å². The molecule has 5 atom stereocenters. The standard InChI is InChI=1S/C6H13NO6/c7-6(12)5(11)4(10)3(9)2(1-8)13-6/h2-5,8-12H,1,7H2/t2-,3+,4+,5-,6+/m1/s1. The van der Waals surface area contributed by atoms with Gasteiger partial charge in [-0.3, -0.25) is 5.73 Å². The van der Waals surface area contributed by atoms with E-state index in [1.165, 1.54) is 0 Å². The van der Waals surface area contributed by atoms with Crippen LogP contribution in [-0.4, -0.2) is 62.5 Å². The van der Waals surface area contributed by atoms with Crippen molar-refractivity contribution in [1.29, 1.82) is 0 Å². The van der Waals surface area contributed by atoms with Gasteiger partial charge in [-0.05, 0) is 0 Å². The first-order valence-electron chi connectivity index (χ1n) is 3.74. The average Bonchev–Trinajstić information content (AvgIpc) is 2.08. The van der Waals surface area contributed by atoms with Crippen LogP contribution in [0.1, 0.15) is 0 Å². The Morgan fingerprint density at radius 1 is 1.23 bits per heavy atom. The van der Waals surface area contributed by atoms with Gasteiger partial charge in [0.15, 0.2) is 6.10 Å². The maximum absolute atomic E-state index is 9.18. The molecule has 1 saturated heterocycles. The summed E-state index contributed by atoms with van der Waals surface area (Å²) in [5.74, 6) is -2.45. The van der Waals surface area contributed by atoms with Crippen molar-refractivity contribution < 1.29 is 30.3 Å². The lowest BCUT2D eigenvalue weighted by molar-refractivity contribution is -0.346. The van der Waals surface area contributed by atoms with E-state index in [9.17, 15) is 5.11 Å². The maximum Gasteiger partial charge on any atom is 0.252 e. The highest BCUT2D eigenvalue weighted by Gasteiger charge is 2.50. The number of aliphatic hydroxyl groups is 5. The molecular weight excluding hydrogens is 182 g/mol. The first kappa shape index (κ1) is 10.8. The Morgan fingerprint density at radius 2 is 1.77 bits per heavy atom. The molecule has 0 amide bonds. The maximum atomic E-state index is 9.18. The minimum absolute atomic E-state index is 0.621. The summed E-state index contributed by atoms with van der Waals surface area (Å²) in [5, 5.41) is 45.2. The first-order chi connectivity index (χ1) is 5.90. The van der Waals surface area contributed by atoms with Gasteiger partial charge < -0.3 is 30.3 Å². The Labute approximate surface area is 74.0 Å². The van der Waals surface area contributed by atoms with Crippen molar-refractivity contribution in [1.82, 2.24) is 0 Å². The van der Waals surface area contributed by atoms with Gasteiger partial charge in [0.25, 0.3) is 5.91 Å². The molecule has 0 bridgehead atoms. The summed E-state index contributed by atoms with van der Waals surface area (Å²) >= 11 is 0. The smallest absolute Gasteiger partial charge is 0.252 e. The van der Waals surface area contributed by atoms with Crippen molar-refractivity contribution in [3.8, 4) is 0 Å². The van der Waals surface area contributed by atoms with Gasteiger partial charge in [-0.2, -0.15) is 0 Å². The zero-order valence-electron chi connectivity index (χ0n) is 6.74. The topological polar surface area (TPSA) is 136 Å². The Balaban J connectivity index is 2.79. The molecule has 0 unspecified atom stereocenters. The van der Waals surface area contributed by atoms with Crippen molar-refractivity contribution in [2.75, 3.05) is 6.61 Å². The van der Waals surface area contributed by atoms with E-state index in [2.05, 4.69) is 4.74 Å². The minimum Gasteiger partial charge on any atom is -0.394 e. The third-order valence-corrected chi connectivity index (χ3v) is 2.00. The zero-order valence-corrected chi connectivity index (χ0v) is 6.74. The van der Waals surface area contributed by atoms with Crippen molar-refractivity contribution in [3.05, 3.63) is 0 Å². The number of rotatable bonds is 1. The predicted octanol–water partition coefficient (Wildman–Crippen LogP) is -3.94. The monoisotopic (exact) mass is 195 g/mol. The molecule has 13 heavy (non-hydrogen) atoms. The van der Waals surface area contributed by atoms with Crippen molar-refractivity contribution >= 4 is 0 Å². The third kappa shape index (κ3) is 1.81. The second kappa shape index (κ2) is 3.46. The van der Waals surface area contributed by atoms with Crippen LogP contribution < -0.4 is 5.73 Å². The molecule has 0 radical (unpaired) electrons. The Hall–Kier alpha value is -0.280. The molecule has 1 aliphatic rings. The molecule has 78 valence electrons. The largest absolute Gasteiger partial charge is 0.394 e. The second-order valence-corrected chi connectivity index (χ2v) is 3.02. The van der Waals surface area contributed by atoms with Crippen molar-refractivity contribution in [2.45, 2.75) is 30.3 Å². The Kier molecular flexibility index (Phi) is 2.88. The van der Waals surface area contributed by atoms with Crippen LogP contribution in [0.3, 0.4) is 0 Å². The molecule has 1 heterocycles. The fourth-order valence-electron chi connectivity index (χ4n) is 1.18. The Bertz CT molecular complexity index is 184. The van der Waals surface area contributed by atoms with E-state index in [-0.39, 0.29) is 0 Å². The first-order valence-corrected chi connectivity index (χ1v) is 3.74. The minimum atomic E-state index is -2.45. The third-order valence-electron chi connectivity index (χ3n) is 2.00. The molecule has 1 rings (SSSR count). The normalized spacial score (nSPS) is 52.2. The van der Waals surface area contributed by atoms with Crippen LogP contribution in [0.25, 0.3) is 0 Å². The zero-order chi connectivity index (χ0) is 10.2. The second-order valence-electron chi connectivity index (χ2n) is 3.02. The number of aliphatic hydroxyl groups excluding tert-OH is 4. The SMILES string of the molecule is N[C@@]1(O)O[C@H](CO)[C@H](O)[C@H](O)[C@H]1O. The molecule has 0 aliphatic carbocycles. The van der Waals surface area contributed by atoms with E-state index in [0.717, 1.165) is 0 Å². The van der Waals surface area contributed by atoms with Crippen LogP contribution in [0.2, 0.25) is 0 Å². The fraction of sp³-hybridized carbons (Fsp3) is 1.00. The highest BCUT2D eigenvalue weighted by atomic mass is 16.7. The molecule has 0 saturated carbocycles. The number of hydrogen-bond acceptors (Lipinski definition) is 7. The molecule has 7 heteroatoms. The number of ether oxygens (including phenoxy) is 1. The summed E-state index contributed by atoms with van der Waals surface area (Å²) < 4.78 is 4.54. The van der Waals surface area contributed by atoms with Crippen LogP contribution in [0.15, 0.2) is 0 Å². The van der Waals surface area contributed by atoms with E-state index in [1.54, 1.807) is 0 Å². The Morgan fingerprint density at radius 3 is 2.23 bits per heavy atom. The summed E-state index contributed by atoms with van der Waals surface area (Å²) in [6.07, 6.45) is -6.16. The van der Waals surface area contributed by atoms with Gasteiger partial charge in [0.1, 0.15) is 18.3 Å². The molecular formula is C6H13NO6. The molecule has 0 aromatic carbocycles.